The number of fused-ring (bicyclic) bond motifs is 1. The van der Waals surface area contributed by atoms with E-state index >= 15 is 0 Å². The fourth-order valence-electron chi connectivity index (χ4n) is 2.75. The minimum atomic E-state index is -0.379. The third-order valence-electron chi connectivity index (χ3n) is 4.05. The summed E-state index contributed by atoms with van der Waals surface area (Å²) in [5.41, 5.74) is 3.94. The van der Waals surface area contributed by atoms with Crippen molar-refractivity contribution in [2.45, 2.75) is 20.4 Å². The number of aryl methyl sites for hydroxylation is 1. The van der Waals surface area contributed by atoms with E-state index in [9.17, 15) is 9.59 Å². The minimum absolute atomic E-state index is 0.0896. The molecule has 1 aliphatic heterocycles. The van der Waals surface area contributed by atoms with E-state index in [0.29, 0.717) is 18.8 Å². The molecule has 116 valence electrons. The summed E-state index contributed by atoms with van der Waals surface area (Å²) in [5, 5.41) is 11.9. The van der Waals surface area contributed by atoms with Crippen molar-refractivity contribution in [3.63, 3.8) is 0 Å². The van der Waals surface area contributed by atoms with E-state index in [1.54, 1.807) is 17.9 Å². The van der Waals surface area contributed by atoms with Gasteiger partial charge in [-0.1, -0.05) is 6.07 Å². The number of hydrogen-bond donors (Lipinski definition) is 2. The van der Waals surface area contributed by atoms with Gasteiger partial charge in [0.2, 0.25) is 0 Å². The molecule has 6 heteroatoms. The van der Waals surface area contributed by atoms with Crippen molar-refractivity contribution in [1.29, 1.82) is 5.26 Å². The molecule has 1 aromatic heterocycles. The Balaban J connectivity index is 2.09. The molecule has 0 bridgehead atoms. The Morgan fingerprint density at radius 2 is 2.09 bits per heavy atom. The van der Waals surface area contributed by atoms with Crippen molar-refractivity contribution in [2.24, 2.45) is 0 Å². The number of carbonyl (C=O) groups is 1. The number of nitrogens with one attached hydrogen (secondary N) is 2. The molecule has 1 aliphatic rings. The van der Waals surface area contributed by atoms with E-state index in [1.807, 2.05) is 31.2 Å². The lowest BCUT2D eigenvalue weighted by atomic mass is 9.98. The zero-order chi connectivity index (χ0) is 16.6. The van der Waals surface area contributed by atoms with Crippen LogP contribution in [0.25, 0.3) is 11.1 Å². The molecular weight excluding hydrogens is 292 g/mol. The fourth-order valence-corrected chi connectivity index (χ4v) is 2.75. The normalized spacial score (nSPS) is 13.3. The Kier molecular flexibility index (Phi) is 3.62. The lowest BCUT2D eigenvalue weighted by Crippen LogP contribution is -2.38. The van der Waals surface area contributed by atoms with E-state index in [-0.39, 0.29) is 17.2 Å². The van der Waals surface area contributed by atoms with Crippen LogP contribution in [0.1, 0.15) is 23.7 Å². The summed E-state index contributed by atoms with van der Waals surface area (Å²) in [5.74, 6) is 0. The lowest BCUT2D eigenvalue weighted by Gasteiger charge is -2.28. The molecule has 2 aromatic rings. The summed E-state index contributed by atoms with van der Waals surface area (Å²) in [4.78, 5) is 28.0. The first-order chi connectivity index (χ1) is 11.0. The third-order valence-corrected chi connectivity index (χ3v) is 4.05. The van der Waals surface area contributed by atoms with E-state index in [0.717, 1.165) is 22.4 Å². The summed E-state index contributed by atoms with van der Waals surface area (Å²) < 4.78 is 0. The highest BCUT2D eigenvalue weighted by Gasteiger charge is 2.21. The number of H-pyrrole nitrogens is 1. The Morgan fingerprint density at radius 3 is 2.78 bits per heavy atom. The minimum Gasteiger partial charge on any atom is -0.325 e. The summed E-state index contributed by atoms with van der Waals surface area (Å²) in [7, 11) is 0. The zero-order valence-corrected chi connectivity index (χ0v) is 12.9. The maximum Gasteiger partial charge on any atom is 0.322 e. The van der Waals surface area contributed by atoms with Gasteiger partial charge in [0.1, 0.15) is 11.6 Å². The van der Waals surface area contributed by atoms with Crippen molar-refractivity contribution in [3.8, 4) is 17.2 Å². The van der Waals surface area contributed by atoms with Gasteiger partial charge in [-0.3, -0.25) is 4.79 Å². The second-order valence-electron chi connectivity index (χ2n) is 5.48. The van der Waals surface area contributed by atoms with Gasteiger partial charge in [0.25, 0.3) is 5.56 Å². The number of carbonyl (C=O) groups excluding carboxylic acids is 1. The molecular formula is C17H16N4O2. The first kappa shape index (κ1) is 14.9. The second-order valence-corrected chi connectivity index (χ2v) is 5.48. The number of aromatic amines is 1. The van der Waals surface area contributed by atoms with E-state index in [1.165, 1.54) is 0 Å². The lowest BCUT2D eigenvalue weighted by molar-refractivity contribution is 0.210. The number of nitrogens with zero attached hydrogens (tertiary/aromatic N) is 2. The first-order valence-electron chi connectivity index (χ1n) is 7.36. The summed E-state index contributed by atoms with van der Waals surface area (Å²) in [6, 6.07) is 9.13. The molecule has 0 spiro atoms. The number of hydrogen-bond acceptors (Lipinski definition) is 3. The third kappa shape index (κ3) is 2.57. The van der Waals surface area contributed by atoms with Crippen LogP contribution in [0, 0.1) is 18.3 Å². The molecule has 0 fully saturated rings. The fraction of sp³-hybridized carbons (Fsp3) is 0.235. The quantitative estimate of drug-likeness (QED) is 0.893. The summed E-state index contributed by atoms with van der Waals surface area (Å²) in [6.07, 6.45) is 0. The predicted octanol–water partition coefficient (Wildman–Crippen LogP) is 2.59. The molecule has 0 saturated carbocycles. The largest absolute Gasteiger partial charge is 0.325 e. The number of aromatic nitrogens is 1. The smallest absolute Gasteiger partial charge is 0.322 e. The predicted molar refractivity (Wildman–Crippen MR) is 87.1 cm³/mol. The molecule has 0 unspecified atom stereocenters. The van der Waals surface area contributed by atoms with Gasteiger partial charge in [-0.05, 0) is 43.2 Å². The van der Waals surface area contributed by atoms with Crippen LogP contribution >= 0.6 is 0 Å². The Bertz CT molecular complexity index is 892. The molecule has 0 radical (unpaired) electrons. The SMILES string of the molecule is CCN1Cc2cc(-c3cc(C#N)c(=O)[nH]c3C)ccc2NC1=O. The van der Waals surface area contributed by atoms with Crippen LogP contribution in [0.5, 0.6) is 0 Å². The highest BCUT2D eigenvalue weighted by Crippen LogP contribution is 2.30. The van der Waals surface area contributed by atoms with Gasteiger partial charge in [0.15, 0.2) is 0 Å². The molecule has 0 saturated heterocycles. The Morgan fingerprint density at radius 1 is 1.30 bits per heavy atom. The maximum absolute atomic E-state index is 11.9. The number of anilines is 1. The van der Waals surface area contributed by atoms with Crippen LogP contribution in [-0.2, 0) is 6.54 Å². The molecule has 2 heterocycles. The molecule has 1 aromatic carbocycles. The van der Waals surface area contributed by atoms with Crippen LogP contribution in [0.4, 0.5) is 10.5 Å². The zero-order valence-electron chi connectivity index (χ0n) is 12.9. The van der Waals surface area contributed by atoms with E-state index in [4.69, 9.17) is 5.26 Å². The van der Waals surface area contributed by atoms with Gasteiger partial charge in [-0.15, -0.1) is 0 Å². The maximum atomic E-state index is 11.9. The molecule has 3 rings (SSSR count). The van der Waals surface area contributed by atoms with E-state index < -0.39 is 0 Å². The number of rotatable bonds is 2. The first-order valence-corrected chi connectivity index (χ1v) is 7.36. The number of pyridine rings is 1. The van der Waals surface area contributed by atoms with Crippen LogP contribution < -0.4 is 10.9 Å². The van der Waals surface area contributed by atoms with Gasteiger partial charge in [0, 0.05) is 30.0 Å². The van der Waals surface area contributed by atoms with Gasteiger partial charge in [-0.2, -0.15) is 5.26 Å². The molecule has 6 nitrogen and oxygen atoms in total. The molecule has 0 atom stereocenters. The molecule has 2 N–H and O–H groups in total. The Labute approximate surface area is 133 Å². The number of amides is 2. The van der Waals surface area contributed by atoms with Crippen molar-refractivity contribution in [3.05, 3.63) is 51.4 Å². The van der Waals surface area contributed by atoms with E-state index in [2.05, 4.69) is 10.3 Å². The van der Waals surface area contributed by atoms with Crippen molar-refractivity contribution in [1.82, 2.24) is 9.88 Å². The van der Waals surface area contributed by atoms with Crippen LogP contribution in [-0.4, -0.2) is 22.5 Å². The van der Waals surface area contributed by atoms with Gasteiger partial charge in [-0.25, -0.2) is 4.79 Å². The van der Waals surface area contributed by atoms with Crippen molar-refractivity contribution >= 4 is 11.7 Å². The highest BCUT2D eigenvalue weighted by molar-refractivity contribution is 5.93. The summed E-state index contributed by atoms with van der Waals surface area (Å²) >= 11 is 0. The number of benzene rings is 1. The van der Waals surface area contributed by atoms with Gasteiger partial charge >= 0.3 is 6.03 Å². The van der Waals surface area contributed by atoms with Crippen LogP contribution in [0.15, 0.2) is 29.1 Å². The number of nitriles is 1. The molecule has 23 heavy (non-hydrogen) atoms. The van der Waals surface area contributed by atoms with Crippen LogP contribution in [0.2, 0.25) is 0 Å². The van der Waals surface area contributed by atoms with Crippen molar-refractivity contribution in [2.75, 3.05) is 11.9 Å². The topological polar surface area (TPSA) is 89.0 Å². The Hall–Kier alpha value is -3.07. The second kappa shape index (κ2) is 5.61. The standard InChI is InChI=1S/C17H16N4O2/c1-3-21-9-13-6-11(4-5-15(13)20-17(21)23)14-7-12(8-18)16(22)19-10(14)2/h4-7H,3,9H2,1-2H3,(H,19,22)(H,20,23). The van der Waals surface area contributed by atoms with Gasteiger partial charge in [0.05, 0.1) is 0 Å². The number of urea groups is 1. The monoisotopic (exact) mass is 308 g/mol. The summed E-state index contributed by atoms with van der Waals surface area (Å²) in [6.45, 7) is 4.90. The average Bonchev–Trinajstić information content (AvgIpc) is 2.54. The molecule has 0 aliphatic carbocycles. The highest BCUT2D eigenvalue weighted by atomic mass is 16.2. The van der Waals surface area contributed by atoms with Gasteiger partial charge < -0.3 is 15.2 Å². The average molecular weight is 308 g/mol. The van der Waals surface area contributed by atoms with Crippen LogP contribution in [0.3, 0.4) is 0 Å². The molecule has 2 amide bonds. The van der Waals surface area contributed by atoms with Crippen molar-refractivity contribution < 1.29 is 4.79 Å².